The molecular formula is C21H31N5O3. The molecule has 0 aromatic heterocycles. The predicted molar refractivity (Wildman–Crippen MR) is 111 cm³/mol. The highest BCUT2D eigenvalue weighted by atomic mass is 16.5. The Hall–Kier alpha value is -2.32. The summed E-state index contributed by atoms with van der Waals surface area (Å²) in [6.45, 7) is 4.35. The van der Waals surface area contributed by atoms with Gasteiger partial charge in [-0.1, -0.05) is 19.8 Å². The minimum atomic E-state index is -0.342. The number of carbonyl (C=O) groups excluding carboxylic acids is 2. The van der Waals surface area contributed by atoms with E-state index in [1.165, 1.54) is 4.90 Å². The summed E-state index contributed by atoms with van der Waals surface area (Å²) in [6, 6.07) is 7.44. The number of anilines is 1. The van der Waals surface area contributed by atoms with Gasteiger partial charge < -0.3 is 14.5 Å². The first-order valence-electron chi connectivity index (χ1n) is 10.6. The Balaban J connectivity index is 1.57. The zero-order chi connectivity index (χ0) is 20.5. The Morgan fingerprint density at radius 2 is 1.90 bits per heavy atom. The number of likely N-dealkylation sites (N-methyl/N-ethyl adjacent to an activating group) is 1. The Bertz CT molecular complexity index is 755. The average molecular weight is 402 g/mol. The van der Waals surface area contributed by atoms with Gasteiger partial charge in [-0.25, -0.2) is 4.79 Å². The summed E-state index contributed by atoms with van der Waals surface area (Å²) in [6.07, 6.45) is 3.49. The Morgan fingerprint density at radius 1 is 1.14 bits per heavy atom. The first kappa shape index (κ1) is 20.0. The normalized spacial score (nSPS) is 27.3. The van der Waals surface area contributed by atoms with E-state index in [1.54, 1.807) is 19.1 Å². The Morgan fingerprint density at radius 3 is 2.59 bits per heavy atom. The van der Waals surface area contributed by atoms with E-state index in [-0.39, 0.29) is 30.4 Å². The van der Waals surface area contributed by atoms with Gasteiger partial charge in [-0.3, -0.25) is 19.9 Å². The number of urea groups is 1. The van der Waals surface area contributed by atoms with Crippen molar-refractivity contribution in [1.82, 2.24) is 20.0 Å². The van der Waals surface area contributed by atoms with Crippen molar-refractivity contribution >= 4 is 17.6 Å². The first-order valence-corrected chi connectivity index (χ1v) is 10.6. The van der Waals surface area contributed by atoms with Crippen molar-refractivity contribution in [2.75, 3.05) is 38.7 Å². The molecule has 3 atom stereocenters. The Labute approximate surface area is 172 Å². The second-order valence-corrected chi connectivity index (χ2v) is 8.00. The molecule has 158 valence electrons. The highest BCUT2D eigenvalue weighted by Crippen LogP contribution is 2.33. The third-order valence-corrected chi connectivity index (χ3v) is 6.26. The molecule has 1 N–H and O–H groups in total. The summed E-state index contributed by atoms with van der Waals surface area (Å²) in [5, 5.41) is 3.55. The van der Waals surface area contributed by atoms with E-state index in [4.69, 9.17) is 4.74 Å². The fourth-order valence-electron chi connectivity index (χ4n) is 4.68. The number of benzene rings is 1. The number of methoxy groups -OCH3 is 1. The van der Waals surface area contributed by atoms with Crippen molar-refractivity contribution in [3.63, 3.8) is 0 Å². The standard InChI is InChI=1S/C21H31N5O3/c1-4-5-6-12-26-19(27)17-18(23(2)21(26)28)22-20-24(13-7-14-25(17)20)15-8-10-16(29-3)11-9-15/h8-11,17-18,20,22H,4-7,12-14H2,1-3H3. The highest BCUT2D eigenvalue weighted by molar-refractivity contribution is 6.00. The molecule has 29 heavy (non-hydrogen) atoms. The lowest BCUT2D eigenvalue weighted by Crippen LogP contribution is -2.66. The van der Waals surface area contributed by atoms with Crippen LogP contribution in [0.15, 0.2) is 24.3 Å². The van der Waals surface area contributed by atoms with Crippen molar-refractivity contribution < 1.29 is 14.3 Å². The van der Waals surface area contributed by atoms with Gasteiger partial charge in [0.25, 0.3) is 5.91 Å². The summed E-state index contributed by atoms with van der Waals surface area (Å²) in [4.78, 5) is 33.8. The number of hydrogen-bond acceptors (Lipinski definition) is 6. The molecule has 0 aliphatic carbocycles. The molecule has 3 saturated heterocycles. The lowest BCUT2D eigenvalue weighted by molar-refractivity contribution is -0.138. The fourth-order valence-corrected chi connectivity index (χ4v) is 4.68. The second-order valence-electron chi connectivity index (χ2n) is 8.00. The predicted octanol–water partition coefficient (Wildman–Crippen LogP) is 1.87. The van der Waals surface area contributed by atoms with E-state index in [1.807, 2.05) is 24.3 Å². The van der Waals surface area contributed by atoms with Gasteiger partial charge in [-0.15, -0.1) is 0 Å². The van der Waals surface area contributed by atoms with Crippen molar-refractivity contribution in [2.24, 2.45) is 0 Å². The van der Waals surface area contributed by atoms with Crippen molar-refractivity contribution in [3.05, 3.63) is 24.3 Å². The molecule has 8 nitrogen and oxygen atoms in total. The minimum absolute atomic E-state index is 0.0687. The van der Waals surface area contributed by atoms with Crippen LogP contribution in [0.4, 0.5) is 10.5 Å². The number of unbranched alkanes of at least 4 members (excludes halogenated alkanes) is 2. The maximum atomic E-state index is 13.3. The lowest BCUT2D eigenvalue weighted by Gasteiger charge is -2.44. The van der Waals surface area contributed by atoms with Gasteiger partial charge in [-0.2, -0.15) is 0 Å². The van der Waals surface area contributed by atoms with E-state index in [2.05, 4.69) is 22.0 Å². The molecule has 3 fully saturated rings. The summed E-state index contributed by atoms with van der Waals surface area (Å²) in [5.74, 6) is 0.750. The molecule has 3 heterocycles. The maximum absolute atomic E-state index is 13.3. The van der Waals surface area contributed by atoms with E-state index in [0.29, 0.717) is 6.54 Å². The van der Waals surface area contributed by atoms with E-state index in [9.17, 15) is 9.59 Å². The molecule has 0 saturated carbocycles. The minimum Gasteiger partial charge on any atom is -0.497 e. The monoisotopic (exact) mass is 401 g/mol. The van der Waals surface area contributed by atoms with Gasteiger partial charge >= 0.3 is 6.03 Å². The van der Waals surface area contributed by atoms with Gasteiger partial charge in [0, 0.05) is 32.4 Å². The maximum Gasteiger partial charge on any atom is 0.327 e. The molecule has 3 unspecified atom stereocenters. The van der Waals surface area contributed by atoms with Crippen molar-refractivity contribution in [3.8, 4) is 5.75 Å². The molecule has 3 amide bonds. The van der Waals surface area contributed by atoms with Crippen LogP contribution in [0.5, 0.6) is 5.75 Å². The number of imide groups is 1. The molecule has 4 rings (SSSR count). The molecule has 8 heteroatoms. The molecule has 3 aliphatic rings. The van der Waals surface area contributed by atoms with Gasteiger partial charge in [0.05, 0.1) is 7.11 Å². The zero-order valence-electron chi connectivity index (χ0n) is 17.5. The SMILES string of the molecule is CCCCCN1C(=O)C2C(NC3N(c4ccc(OC)cc4)CCCN23)N(C)C1=O. The van der Waals surface area contributed by atoms with Crippen LogP contribution in [0.1, 0.15) is 32.6 Å². The molecule has 3 aliphatic heterocycles. The van der Waals surface area contributed by atoms with E-state index in [0.717, 1.165) is 50.2 Å². The summed E-state index contributed by atoms with van der Waals surface area (Å²) >= 11 is 0. The van der Waals surface area contributed by atoms with Crippen molar-refractivity contribution in [2.45, 2.75) is 51.1 Å². The smallest absolute Gasteiger partial charge is 0.327 e. The third-order valence-electron chi connectivity index (χ3n) is 6.26. The zero-order valence-corrected chi connectivity index (χ0v) is 17.5. The van der Waals surface area contributed by atoms with Crippen LogP contribution in [-0.2, 0) is 4.79 Å². The van der Waals surface area contributed by atoms with Crippen LogP contribution in [0.25, 0.3) is 0 Å². The third kappa shape index (κ3) is 3.44. The van der Waals surface area contributed by atoms with Crippen molar-refractivity contribution in [1.29, 1.82) is 0 Å². The quantitative estimate of drug-likeness (QED) is 0.734. The van der Waals surface area contributed by atoms with E-state index < -0.39 is 0 Å². The number of ether oxygens (including phenoxy) is 1. The lowest BCUT2D eigenvalue weighted by atomic mass is 10.1. The number of hydrogen-bond donors (Lipinski definition) is 1. The number of carbonyl (C=O) groups is 2. The molecule has 0 spiro atoms. The molecule has 0 bridgehead atoms. The largest absolute Gasteiger partial charge is 0.497 e. The van der Waals surface area contributed by atoms with Gasteiger partial charge in [0.15, 0.2) is 0 Å². The average Bonchev–Trinajstić information content (AvgIpc) is 3.15. The number of nitrogens with zero attached hydrogens (tertiary/aromatic N) is 4. The highest BCUT2D eigenvalue weighted by Gasteiger charge is 2.55. The summed E-state index contributed by atoms with van der Waals surface area (Å²) in [5.41, 5.74) is 1.08. The van der Waals surface area contributed by atoms with Crippen LogP contribution in [0, 0.1) is 0 Å². The number of amides is 3. The molecule has 0 radical (unpaired) electrons. The van der Waals surface area contributed by atoms with Crippen LogP contribution in [0.3, 0.4) is 0 Å². The van der Waals surface area contributed by atoms with Crippen LogP contribution in [0.2, 0.25) is 0 Å². The van der Waals surface area contributed by atoms with Crippen LogP contribution in [-0.4, -0.2) is 78.9 Å². The first-order chi connectivity index (χ1) is 14.1. The summed E-state index contributed by atoms with van der Waals surface area (Å²) < 4.78 is 5.27. The summed E-state index contributed by atoms with van der Waals surface area (Å²) in [7, 11) is 3.45. The van der Waals surface area contributed by atoms with Gasteiger partial charge in [0.1, 0.15) is 24.2 Å². The number of nitrogens with one attached hydrogen (secondary N) is 1. The topological polar surface area (TPSA) is 68.4 Å². The molecule has 1 aromatic rings. The molecule has 1 aromatic carbocycles. The second kappa shape index (κ2) is 8.20. The number of rotatable bonds is 6. The molecular weight excluding hydrogens is 370 g/mol. The van der Waals surface area contributed by atoms with Gasteiger partial charge in [-0.05, 0) is 37.1 Å². The van der Waals surface area contributed by atoms with Crippen LogP contribution >= 0.6 is 0 Å². The Kier molecular flexibility index (Phi) is 5.65. The van der Waals surface area contributed by atoms with E-state index >= 15 is 0 Å². The van der Waals surface area contributed by atoms with Crippen LogP contribution < -0.4 is 15.0 Å². The van der Waals surface area contributed by atoms with Gasteiger partial charge in [0.2, 0.25) is 0 Å². The fraction of sp³-hybridized carbons (Fsp3) is 0.619. The number of fused-ring (bicyclic) bond motifs is 3.